The molecule has 0 aromatic rings. The van der Waals surface area contributed by atoms with Crippen molar-refractivity contribution in [2.45, 2.75) is 6.42 Å². The SMILES string of the molecule is CO[Si](OC)(OC)C1=CN(C)CC1. The maximum absolute atomic E-state index is 5.37. The molecule has 0 saturated carbocycles. The first kappa shape index (κ1) is 10.7. The zero-order valence-corrected chi connectivity index (χ0v) is 9.66. The molecule has 0 saturated heterocycles. The van der Waals surface area contributed by atoms with E-state index in [-0.39, 0.29) is 0 Å². The lowest BCUT2D eigenvalue weighted by atomic mass is 10.5. The van der Waals surface area contributed by atoms with Crippen LogP contribution >= 0.6 is 0 Å². The van der Waals surface area contributed by atoms with Crippen LogP contribution in [-0.4, -0.2) is 48.6 Å². The van der Waals surface area contributed by atoms with E-state index in [0.717, 1.165) is 18.2 Å². The monoisotopic (exact) mass is 203 g/mol. The zero-order chi connectivity index (χ0) is 9.90. The molecule has 5 heteroatoms. The van der Waals surface area contributed by atoms with E-state index in [1.54, 1.807) is 21.3 Å². The van der Waals surface area contributed by atoms with Gasteiger partial charge in [-0.2, -0.15) is 0 Å². The largest absolute Gasteiger partial charge is 0.533 e. The summed E-state index contributed by atoms with van der Waals surface area (Å²) >= 11 is 0. The molecule has 76 valence electrons. The molecule has 1 aliphatic heterocycles. The lowest BCUT2D eigenvalue weighted by molar-refractivity contribution is 0.134. The molecule has 0 spiro atoms. The van der Waals surface area contributed by atoms with Gasteiger partial charge >= 0.3 is 8.80 Å². The Morgan fingerprint density at radius 2 is 1.77 bits per heavy atom. The van der Waals surface area contributed by atoms with Crippen LogP contribution in [0.15, 0.2) is 11.4 Å². The molecule has 0 fully saturated rings. The quantitative estimate of drug-likeness (QED) is 0.627. The Kier molecular flexibility index (Phi) is 3.49. The highest BCUT2D eigenvalue weighted by Crippen LogP contribution is 2.25. The normalized spacial score (nSPS) is 17.8. The topological polar surface area (TPSA) is 30.9 Å². The van der Waals surface area contributed by atoms with Gasteiger partial charge in [0, 0.05) is 46.3 Å². The lowest BCUT2D eigenvalue weighted by Gasteiger charge is -2.24. The van der Waals surface area contributed by atoms with E-state index in [0.29, 0.717) is 0 Å². The molecule has 0 unspecified atom stereocenters. The summed E-state index contributed by atoms with van der Waals surface area (Å²) in [5, 5.41) is 1.16. The average molecular weight is 203 g/mol. The molecule has 0 bridgehead atoms. The Bertz CT molecular complexity index is 195. The van der Waals surface area contributed by atoms with E-state index in [9.17, 15) is 0 Å². The van der Waals surface area contributed by atoms with Crippen LogP contribution in [0.3, 0.4) is 0 Å². The van der Waals surface area contributed by atoms with E-state index in [4.69, 9.17) is 13.3 Å². The van der Waals surface area contributed by atoms with Gasteiger partial charge in [0.15, 0.2) is 0 Å². The number of hydrogen-bond donors (Lipinski definition) is 0. The third-order valence-corrected chi connectivity index (χ3v) is 5.09. The first-order chi connectivity index (χ1) is 6.18. The molecular formula is C8H17NO3Si. The molecule has 0 aliphatic carbocycles. The summed E-state index contributed by atoms with van der Waals surface area (Å²) in [6.07, 6.45) is 3.03. The van der Waals surface area contributed by atoms with Gasteiger partial charge < -0.3 is 18.2 Å². The van der Waals surface area contributed by atoms with Crippen LogP contribution in [0, 0.1) is 0 Å². The molecular weight excluding hydrogens is 186 g/mol. The number of nitrogens with zero attached hydrogens (tertiary/aromatic N) is 1. The highest BCUT2D eigenvalue weighted by atomic mass is 28.4. The van der Waals surface area contributed by atoms with Gasteiger partial charge in [0.2, 0.25) is 0 Å². The highest BCUT2D eigenvalue weighted by Gasteiger charge is 2.44. The molecule has 13 heavy (non-hydrogen) atoms. The Balaban J connectivity index is 2.81. The van der Waals surface area contributed by atoms with E-state index < -0.39 is 8.80 Å². The van der Waals surface area contributed by atoms with E-state index in [2.05, 4.69) is 11.1 Å². The second-order valence-electron chi connectivity index (χ2n) is 3.05. The summed E-state index contributed by atoms with van der Waals surface area (Å²) in [5.74, 6) is 0. The fraction of sp³-hybridized carbons (Fsp3) is 0.750. The molecule has 0 atom stereocenters. The number of rotatable bonds is 4. The van der Waals surface area contributed by atoms with Gasteiger partial charge in [0.1, 0.15) is 0 Å². The maximum Gasteiger partial charge on any atom is 0.533 e. The first-order valence-corrected chi connectivity index (χ1v) is 5.98. The molecule has 1 rings (SSSR count). The van der Waals surface area contributed by atoms with Gasteiger partial charge in [-0.05, 0) is 6.42 Å². The fourth-order valence-corrected chi connectivity index (χ4v) is 3.65. The van der Waals surface area contributed by atoms with Gasteiger partial charge in [-0.3, -0.25) is 0 Å². The fourth-order valence-electron chi connectivity index (χ4n) is 1.57. The minimum absolute atomic E-state index is 0.970. The molecule has 0 amide bonds. The predicted octanol–water partition coefficient (Wildman–Crippen LogP) is 0.623. The molecule has 0 aromatic carbocycles. The number of hydrogen-bond acceptors (Lipinski definition) is 4. The van der Waals surface area contributed by atoms with Gasteiger partial charge in [0.05, 0.1) is 0 Å². The van der Waals surface area contributed by atoms with Crippen LogP contribution in [-0.2, 0) is 13.3 Å². The van der Waals surface area contributed by atoms with E-state index in [1.165, 1.54) is 0 Å². The highest BCUT2D eigenvalue weighted by molar-refractivity contribution is 6.68. The van der Waals surface area contributed by atoms with Crippen LogP contribution in [0.2, 0.25) is 0 Å². The van der Waals surface area contributed by atoms with Gasteiger partial charge in [-0.25, -0.2) is 0 Å². The van der Waals surface area contributed by atoms with Gasteiger partial charge in [-0.1, -0.05) is 0 Å². The molecule has 1 aliphatic rings. The summed E-state index contributed by atoms with van der Waals surface area (Å²) in [7, 11) is 4.44. The van der Waals surface area contributed by atoms with Gasteiger partial charge in [-0.15, -0.1) is 0 Å². The average Bonchev–Trinajstić information content (AvgIpc) is 2.57. The Morgan fingerprint density at radius 3 is 2.08 bits per heavy atom. The Morgan fingerprint density at radius 1 is 1.23 bits per heavy atom. The Hall–Kier alpha value is -0.363. The second kappa shape index (κ2) is 4.23. The van der Waals surface area contributed by atoms with Crippen molar-refractivity contribution in [2.24, 2.45) is 0 Å². The third-order valence-electron chi connectivity index (χ3n) is 2.31. The summed E-state index contributed by atoms with van der Waals surface area (Å²) < 4.78 is 16.1. The minimum Gasteiger partial charge on any atom is -0.380 e. The van der Waals surface area contributed by atoms with Crippen molar-refractivity contribution in [3.8, 4) is 0 Å². The van der Waals surface area contributed by atoms with Gasteiger partial charge in [0.25, 0.3) is 0 Å². The van der Waals surface area contributed by atoms with Crippen LogP contribution in [0.5, 0.6) is 0 Å². The predicted molar refractivity (Wildman–Crippen MR) is 52.1 cm³/mol. The molecule has 1 heterocycles. The summed E-state index contributed by atoms with van der Waals surface area (Å²) in [6.45, 7) is 1.01. The smallest absolute Gasteiger partial charge is 0.380 e. The molecule has 0 radical (unpaired) electrons. The van der Waals surface area contributed by atoms with Crippen LogP contribution in [0.25, 0.3) is 0 Å². The van der Waals surface area contributed by atoms with Crippen molar-refractivity contribution >= 4 is 8.80 Å². The van der Waals surface area contributed by atoms with Crippen LogP contribution < -0.4 is 0 Å². The Labute approximate surface area is 80.4 Å². The van der Waals surface area contributed by atoms with Crippen LogP contribution in [0.4, 0.5) is 0 Å². The van der Waals surface area contributed by atoms with E-state index in [1.807, 2.05) is 7.05 Å². The van der Waals surface area contributed by atoms with Crippen molar-refractivity contribution in [1.82, 2.24) is 4.90 Å². The molecule has 0 N–H and O–H groups in total. The standard InChI is InChI=1S/C8H17NO3Si/c1-9-6-5-8(7-9)13(10-2,11-3)12-4/h7H,5-6H2,1-4H3. The second-order valence-corrected chi connectivity index (χ2v) is 6.03. The van der Waals surface area contributed by atoms with Crippen molar-refractivity contribution in [1.29, 1.82) is 0 Å². The van der Waals surface area contributed by atoms with E-state index >= 15 is 0 Å². The molecule has 0 aromatic heterocycles. The van der Waals surface area contributed by atoms with Crippen molar-refractivity contribution in [3.63, 3.8) is 0 Å². The first-order valence-electron chi connectivity index (χ1n) is 4.25. The lowest BCUT2D eigenvalue weighted by Crippen LogP contribution is -2.45. The molecule has 4 nitrogen and oxygen atoms in total. The van der Waals surface area contributed by atoms with Crippen molar-refractivity contribution in [2.75, 3.05) is 34.9 Å². The summed E-state index contributed by atoms with van der Waals surface area (Å²) in [4.78, 5) is 2.12. The summed E-state index contributed by atoms with van der Waals surface area (Å²) in [5.41, 5.74) is 0. The van der Waals surface area contributed by atoms with Crippen molar-refractivity contribution < 1.29 is 13.3 Å². The summed E-state index contributed by atoms with van der Waals surface area (Å²) in [6, 6.07) is 0. The minimum atomic E-state index is -2.51. The van der Waals surface area contributed by atoms with Crippen LogP contribution in [0.1, 0.15) is 6.42 Å². The maximum atomic E-state index is 5.37. The zero-order valence-electron chi connectivity index (χ0n) is 8.66. The van der Waals surface area contributed by atoms with Crippen molar-refractivity contribution in [3.05, 3.63) is 11.4 Å². The third kappa shape index (κ3) is 1.93.